The minimum absolute atomic E-state index is 0.195. The van der Waals surface area contributed by atoms with E-state index in [4.69, 9.17) is 4.74 Å². The zero-order valence-electron chi connectivity index (χ0n) is 20.5. The molecule has 0 aliphatic carbocycles. The molecule has 1 fully saturated rings. The lowest BCUT2D eigenvalue weighted by atomic mass is 9.86. The number of pyridine rings is 1. The second-order valence-corrected chi connectivity index (χ2v) is 9.99. The number of carbonyl (C=O) groups excluding carboxylic acids is 1. The van der Waals surface area contributed by atoms with E-state index in [1.807, 2.05) is 18.2 Å². The van der Waals surface area contributed by atoms with E-state index in [1.54, 1.807) is 18.0 Å². The van der Waals surface area contributed by atoms with Crippen LogP contribution in [-0.2, 0) is 22.5 Å². The van der Waals surface area contributed by atoms with Crippen LogP contribution >= 0.6 is 0 Å². The summed E-state index contributed by atoms with van der Waals surface area (Å²) in [5.74, 6) is -0.799. The van der Waals surface area contributed by atoms with E-state index >= 15 is 0 Å². The molecule has 1 unspecified atom stereocenters. The van der Waals surface area contributed by atoms with Gasteiger partial charge in [-0.05, 0) is 61.6 Å². The molecule has 1 atom stereocenters. The molecule has 190 valence electrons. The highest BCUT2D eigenvalue weighted by atomic mass is 19.1. The summed E-state index contributed by atoms with van der Waals surface area (Å²) in [7, 11) is 0. The maximum atomic E-state index is 14.1. The molecule has 3 aromatic rings. The van der Waals surface area contributed by atoms with Crippen LogP contribution in [0.5, 0.6) is 0 Å². The number of hydrogen-bond acceptors (Lipinski definition) is 5. The molecule has 0 radical (unpaired) electrons. The molecule has 1 aromatic carbocycles. The van der Waals surface area contributed by atoms with Crippen molar-refractivity contribution in [2.24, 2.45) is 0 Å². The average molecular weight is 497 g/mol. The quantitative estimate of drug-likeness (QED) is 0.512. The summed E-state index contributed by atoms with van der Waals surface area (Å²) < 4.78 is 19.8. The van der Waals surface area contributed by atoms with Gasteiger partial charge in [0.1, 0.15) is 11.2 Å². The number of nitrogens with one attached hydrogen (secondary N) is 1. The van der Waals surface area contributed by atoms with Crippen LogP contribution in [-0.4, -0.2) is 73.9 Å². The molecule has 5 rings (SSSR count). The first kappa shape index (κ1) is 24.2. The summed E-state index contributed by atoms with van der Waals surface area (Å²) in [6.07, 6.45) is 1.18. The fourth-order valence-corrected chi connectivity index (χ4v) is 5.14. The highest BCUT2D eigenvalue weighted by Crippen LogP contribution is 2.37. The van der Waals surface area contributed by atoms with Crippen molar-refractivity contribution in [2.45, 2.75) is 45.4 Å². The summed E-state index contributed by atoms with van der Waals surface area (Å²) in [5, 5.41) is 20.9. The number of aryl methyl sites for hydroxylation is 1. The molecule has 2 aliphatic rings. The lowest BCUT2D eigenvalue weighted by Gasteiger charge is -2.39. The third-order valence-corrected chi connectivity index (χ3v) is 7.10. The van der Waals surface area contributed by atoms with Crippen LogP contribution in [0.3, 0.4) is 0 Å². The SMILES string of the molecule is Cc1c(F)[nH]c2ncc(-c3cc4c(c(C5COCCN5C(=O)O)c3)CN(C(=O)C(C)(C)O)CC4)cc12. The van der Waals surface area contributed by atoms with Crippen molar-refractivity contribution in [1.82, 2.24) is 19.8 Å². The fourth-order valence-electron chi connectivity index (χ4n) is 5.14. The van der Waals surface area contributed by atoms with E-state index in [1.165, 1.54) is 18.7 Å². The maximum absolute atomic E-state index is 14.1. The Morgan fingerprint density at radius 3 is 2.72 bits per heavy atom. The second-order valence-electron chi connectivity index (χ2n) is 9.99. The van der Waals surface area contributed by atoms with Crippen LogP contribution in [0.25, 0.3) is 22.2 Å². The molecule has 36 heavy (non-hydrogen) atoms. The number of H-pyrrole nitrogens is 1. The van der Waals surface area contributed by atoms with Crippen molar-refractivity contribution in [2.75, 3.05) is 26.3 Å². The lowest BCUT2D eigenvalue weighted by Crippen LogP contribution is -2.48. The highest BCUT2D eigenvalue weighted by molar-refractivity contribution is 5.86. The number of morpholine rings is 1. The van der Waals surface area contributed by atoms with Gasteiger partial charge in [-0.15, -0.1) is 0 Å². The normalized spacial score (nSPS) is 18.4. The highest BCUT2D eigenvalue weighted by Gasteiger charge is 2.36. The Labute approximate surface area is 207 Å². The smallest absolute Gasteiger partial charge is 0.407 e. The largest absolute Gasteiger partial charge is 0.465 e. The Morgan fingerprint density at radius 2 is 2.00 bits per heavy atom. The summed E-state index contributed by atoms with van der Waals surface area (Å²) in [4.78, 5) is 34.9. The van der Waals surface area contributed by atoms with Gasteiger partial charge in [0, 0.05) is 42.3 Å². The first-order chi connectivity index (χ1) is 17.0. The summed E-state index contributed by atoms with van der Waals surface area (Å²) in [5.41, 5.74) is 3.66. The Bertz CT molecular complexity index is 1360. The third kappa shape index (κ3) is 4.20. The number of nitrogens with zero attached hydrogens (tertiary/aromatic N) is 3. The third-order valence-electron chi connectivity index (χ3n) is 7.10. The van der Waals surface area contributed by atoms with Gasteiger partial charge in [0.2, 0.25) is 0 Å². The summed E-state index contributed by atoms with van der Waals surface area (Å²) >= 11 is 0. The van der Waals surface area contributed by atoms with Crippen LogP contribution in [0.4, 0.5) is 9.18 Å². The van der Waals surface area contributed by atoms with Gasteiger partial charge in [-0.25, -0.2) is 9.78 Å². The van der Waals surface area contributed by atoms with Gasteiger partial charge < -0.3 is 24.8 Å². The molecule has 3 N–H and O–H groups in total. The van der Waals surface area contributed by atoms with Crippen LogP contribution in [0.1, 0.15) is 42.1 Å². The number of ether oxygens (including phenoxy) is 1. The molecular weight excluding hydrogens is 467 g/mol. The number of halogens is 1. The van der Waals surface area contributed by atoms with E-state index in [0.717, 1.165) is 27.8 Å². The molecule has 0 spiro atoms. The van der Waals surface area contributed by atoms with Crippen molar-refractivity contribution in [3.8, 4) is 11.1 Å². The number of carboxylic acid groups (broad SMARTS) is 1. The molecule has 2 aromatic heterocycles. The number of aromatic amines is 1. The number of aromatic nitrogens is 2. The molecule has 2 amide bonds. The summed E-state index contributed by atoms with van der Waals surface area (Å²) in [6.45, 7) is 6.06. The monoisotopic (exact) mass is 496 g/mol. The van der Waals surface area contributed by atoms with Gasteiger partial charge in [0.25, 0.3) is 5.91 Å². The van der Waals surface area contributed by atoms with Gasteiger partial charge >= 0.3 is 6.09 Å². The standard InChI is InChI=1S/C26H29FN4O5/c1-14-18-10-17(11-28-23(18)29-22(14)27)16-8-15-4-5-30(24(32)26(2,3)35)12-20(15)19(9-16)21-13-36-7-6-31(21)25(33)34/h8-11,21,35H,4-7,12-13H2,1-3H3,(H,28,29)(H,33,34). The minimum atomic E-state index is -1.51. The van der Waals surface area contributed by atoms with Crippen LogP contribution in [0, 0.1) is 12.9 Å². The number of hydrogen-bond donors (Lipinski definition) is 3. The van der Waals surface area contributed by atoms with Crippen molar-refractivity contribution < 1.29 is 28.9 Å². The average Bonchev–Trinajstić information content (AvgIpc) is 3.14. The molecule has 0 bridgehead atoms. The van der Waals surface area contributed by atoms with E-state index < -0.39 is 23.7 Å². The topological polar surface area (TPSA) is 119 Å². The van der Waals surface area contributed by atoms with Crippen molar-refractivity contribution >= 4 is 23.0 Å². The number of fused-ring (bicyclic) bond motifs is 2. The first-order valence-electron chi connectivity index (χ1n) is 11.9. The summed E-state index contributed by atoms with van der Waals surface area (Å²) in [6, 6.07) is 5.28. The molecule has 4 heterocycles. The molecule has 0 saturated carbocycles. The maximum Gasteiger partial charge on any atom is 0.407 e. The van der Waals surface area contributed by atoms with Crippen molar-refractivity contribution in [1.29, 1.82) is 0 Å². The zero-order valence-corrected chi connectivity index (χ0v) is 20.5. The number of amides is 2. The van der Waals surface area contributed by atoms with Gasteiger partial charge in [-0.1, -0.05) is 6.07 Å². The molecular formula is C26H29FN4O5. The van der Waals surface area contributed by atoms with E-state index in [-0.39, 0.29) is 25.6 Å². The number of benzene rings is 1. The van der Waals surface area contributed by atoms with Gasteiger partial charge in [-0.3, -0.25) is 9.69 Å². The lowest BCUT2D eigenvalue weighted by molar-refractivity contribution is -0.148. The fraction of sp³-hybridized carbons (Fsp3) is 0.423. The van der Waals surface area contributed by atoms with E-state index in [0.29, 0.717) is 36.2 Å². The Balaban J connectivity index is 1.64. The van der Waals surface area contributed by atoms with E-state index in [9.17, 15) is 24.2 Å². The van der Waals surface area contributed by atoms with E-state index in [2.05, 4.69) is 9.97 Å². The molecule has 9 nitrogen and oxygen atoms in total. The number of aliphatic hydroxyl groups is 1. The first-order valence-corrected chi connectivity index (χ1v) is 11.9. The van der Waals surface area contributed by atoms with Crippen molar-refractivity contribution in [3.63, 3.8) is 0 Å². The molecule has 1 saturated heterocycles. The molecule has 10 heteroatoms. The predicted molar refractivity (Wildman–Crippen MR) is 130 cm³/mol. The minimum Gasteiger partial charge on any atom is -0.465 e. The predicted octanol–water partition coefficient (Wildman–Crippen LogP) is 3.38. The Kier molecular flexibility index (Phi) is 5.96. The van der Waals surface area contributed by atoms with Gasteiger partial charge in [0.05, 0.1) is 19.3 Å². The van der Waals surface area contributed by atoms with Crippen molar-refractivity contribution in [3.05, 3.63) is 52.6 Å². The number of carbonyl (C=O) groups is 2. The van der Waals surface area contributed by atoms with Crippen LogP contribution in [0.2, 0.25) is 0 Å². The van der Waals surface area contributed by atoms with Crippen LogP contribution < -0.4 is 0 Å². The molecule has 2 aliphatic heterocycles. The zero-order chi connectivity index (χ0) is 25.8. The Hall–Kier alpha value is -3.50. The second kappa shape index (κ2) is 8.86. The Morgan fingerprint density at radius 1 is 1.22 bits per heavy atom. The number of rotatable bonds is 3. The van der Waals surface area contributed by atoms with Crippen LogP contribution in [0.15, 0.2) is 24.4 Å². The van der Waals surface area contributed by atoms with Gasteiger partial charge in [-0.2, -0.15) is 4.39 Å². The van der Waals surface area contributed by atoms with Gasteiger partial charge in [0.15, 0.2) is 5.95 Å².